The fourth-order valence-corrected chi connectivity index (χ4v) is 1.78. The Labute approximate surface area is 104 Å². The predicted molar refractivity (Wildman–Crippen MR) is 65.2 cm³/mol. The number of aromatic nitrogens is 2. The lowest BCUT2D eigenvalue weighted by Crippen LogP contribution is -1.97. The van der Waals surface area contributed by atoms with Crippen LogP contribution in [0.25, 0.3) is 11.5 Å². The molecule has 2 aromatic rings. The van der Waals surface area contributed by atoms with Gasteiger partial charge in [0, 0.05) is 12.0 Å². The van der Waals surface area contributed by atoms with Crippen molar-refractivity contribution < 1.29 is 14.3 Å². The maximum Gasteiger partial charge on any atom is 0.303 e. The maximum atomic E-state index is 10.4. The van der Waals surface area contributed by atoms with Crippen LogP contribution in [0.5, 0.6) is 0 Å². The molecule has 0 bridgehead atoms. The van der Waals surface area contributed by atoms with Crippen molar-refractivity contribution in [3.63, 3.8) is 0 Å². The Balaban J connectivity index is 2.21. The van der Waals surface area contributed by atoms with Gasteiger partial charge in [-0.05, 0) is 26.0 Å². The first-order valence-corrected chi connectivity index (χ1v) is 5.67. The molecule has 0 radical (unpaired) electrons. The molecule has 1 aromatic carbocycles. The second-order valence-corrected chi connectivity index (χ2v) is 4.27. The molecule has 0 spiro atoms. The van der Waals surface area contributed by atoms with E-state index in [1.807, 2.05) is 26.0 Å². The van der Waals surface area contributed by atoms with Crippen molar-refractivity contribution in [2.24, 2.45) is 0 Å². The molecule has 5 nitrogen and oxygen atoms in total. The van der Waals surface area contributed by atoms with Crippen LogP contribution >= 0.6 is 0 Å². The second kappa shape index (κ2) is 5.00. The molecular formula is C13H14N2O3. The molecule has 94 valence electrons. The number of aliphatic carboxylic acids is 1. The fraction of sp³-hybridized carbons (Fsp3) is 0.308. The number of hydrogen-bond acceptors (Lipinski definition) is 4. The zero-order valence-corrected chi connectivity index (χ0v) is 10.3. The van der Waals surface area contributed by atoms with Gasteiger partial charge in [-0.15, -0.1) is 10.2 Å². The van der Waals surface area contributed by atoms with Gasteiger partial charge in [0.1, 0.15) is 0 Å². The van der Waals surface area contributed by atoms with E-state index in [0.29, 0.717) is 11.8 Å². The van der Waals surface area contributed by atoms with E-state index in [1.165, 1.54) is 0 Å². The highest BCUT2D eigenvalue weighted by molar-refractivity contribution is 5.66. The van der Waals surface area contributed by atoms with Crippen molar-refractivity contribution in [2.75, 3.05) is 0 Å². The number of carbonyl (C=O) groups is 1. The number of carboxylic acid groups (broad SMARTS) is 1. The number of hydrogen-bond donors (Lipinski definition) is 1. The summed E-state index contributed by atoms with van der Waals surface area (Å²) in [6, 6.07) is 5.98. The van der Waals surface area contributed by atoms with E-state index in [0.717, 1.165) is 16.7 Å². The third kappa shape index (κ3) is 2.94. The van der Waals surface area contributed by atoms with Gasteiger partial charge in [-0.1, -0.05) is 17.2 Å². The molecule has 1 heterocycles. The van der Waals surface area contributed by atoms with Gasteiger partial charge in [0.25, 0.3) is 0 Å². The average molecular weight is 246 g/mol. The van der Waals surface area contributed by atoms with Crippen LogP contribution in [-0.2, 0) is 11.2 Å². The molecule has 0 fully saturated rings. The van der Waals surface area contributed by atoms with Crippen LogP contribution in [-0.4, -0.2) is 21.3 Å². The first kappa shape index (κ1) is 12.3. The van der Waals surface area contributed by atoms with Crippen LogP contribution in [0, 0.1) is 13.8 Å². The van der Waals surface area contributed by atoms with Crippen LogP contribution in [0.4, 0.5) is 0 Å². The molecule has 0 aliphatic heterocycles. The van der Waals surface area contributed by atoms with Crippen molar-refractivity contribution in [1.82, 2.24) is 10.2 Å². The summed E-state index contributed by atoms with van der Waals surface area (Å²) in [7, 11) is 0. The molecule has 0 atom stereocenters. The molecule has 0 saturated heterocycles. The predicted octanol–water partition coefficient (Wildman–Crippen LogP) is 2.37. The minimum Gasteiger partial charge on any atom is -0.481 e. The molecule has 0 aliphatic carbocycles. The summed E-state index contributed by atoms with van der Waals surface area (Å²) in [5.74, 6) is -0.0881. The second-order valence-electron chi connectivity index (χ2n) is 4.27. The highest BCUT2D eigenvalue weighted by Gasteiger charge is 2.10. The van der Waals surface area contributed by atoms with Crippen molar-refractivity contribution in [1.29, 1.82) is 0 Å². The van der Waals surface area contributed by atoms with E-state index in [2.05, 4.69) is 16.3 Å². The summed E-state index contributed by atoms with van der Waals surface area (Å²) in [6.45, 7) is 4.00. The number of aryl methyl sites for hydroxylation is 3. The molecule has 0 aliphatic rings. The standard InChI is InChI=1S/C13H14N2O3/c1-8-5-9(2)7-10(6-8)13-15-14-11(18-13)3-4-12(16)17/h5-7H,3-4H2,1-2H3,(H,16,17). The van der Waals surface area contributed by atoms with Crippen molar-refractivity contribution in [2.45, 2.75) is 26.7 Å². The molecule has 18 heavy (non-hydrogen) atoms. The summed E-state index contributed by atoms with van der Waals surface area (Å²) in [5.41, 5.74) is 3.10. The van der Waals surface area contributed by atoms with E-state index in [9.17, 15) is 4.79 Å². The lowest BCUT2D eigenvalue weighted by molar-refractivity contribution is -0.137. The minimum atomic E-state index is -0.874. The third-order valence-electron chi connectivity index (χ3n) is 2.49. The zero-order chi connectivity index (χ0) is 13.1. The van der Waals surface area contributed by atoms with Gasteiger partial charge in [0.15, 0.2) is 0 Å². The van der Waals surface area contributed by atoms with E-state index < -0.39 is 5.97 Å². The first-order chi connectivity index (χ1) is 8.54. The van der Waals surface area contributed by atoms with E-state index in [4.69, 9.17) is 9.52 Å². The lowest BCUT2D eigenvalue weighted by Gasteiger charge is -1.99. The Morgan fingerprint density at radius 2 is 1.89 bits per heavy atom. The normalized spacial score (nSPS) is 10.6. The SMILES string of the molecule is Cc1cc(C)cc(-c2nnc(CCC(=O)O)o2)c1. The third-order valence-corrected chi connectivity index (χ3v) is 2.49. The van der Waals surface area contributed by atoms with Gasteiger partial charge in [-0.25, -0.2) is 0 Å². The molecule has 1 aromatic heterocycles. The number of carboxylic acids is 1. The molecular weight excluding hydrogens is 232 g/mol. The monoisotopic (exact) mass is 246 g/mol. The van der Waals surface area contributed by atoms with Gasteiger partial charge in [-0.2, -0.15) is 0 Å². The quantitative estimate of drug-likeness (QED) is 0.896. The summed E-state index contributed by atoms with van der Waals surface area (Å²) < 4.78 is 5.44. The topological polar surface area (TPSA) is 76.2 Å². The molecule has 0 saturated carbocycles. The van der Waals surface area contributed by atoms with Crippen LogP contribution in [0.15, 0.2) is 22.6 Å². The summed E-state index contributed by atoms with van der Waals surface area (Å²) in [6.07, 6.45) is 0.252. The van der Waals surface area contributed by atoms with Crippen LogP contribution in [0.2, 0.25) is 0 Å². The van der Waals surface area contributed by atoms with Gasteiger partial charge in [0.05, 0.1) is 6.42 Å². The van der Waals surface area contributed by atoms with Crippen LogP contribution < -0.4 is 0 Å². The van der Waals surface area contributed by atoms with Gasteiger partial charge in [-0.3, -0.25) is 4.79 Å². The minimum absolute atomic E-state index is 0.00548. The number of benzene rings is 1. The Morgan fingerprint density at radius 1 is 1.22 bits per heavy atom. The summed E-state index contributed by atoms with van der Waals surface area (Å²) in [5, 5.41) is 16.4. The Kier molecular flexibility index (Phi) is 3.41. The van der Waals surface area contributed by atoms with Gasteiger partial charge >= 0.3 is 5.97 Å². The first-order valence-electron chi connectivity index (χ1n) is 5.67. The van der Waals surface area contributed by atoms with E-state index >= 15 is 0 Å². The van der Waals surface area contributed by atoms with E-state index in [1.54, 1.807) is 0 Å². The van der Waals surface area contributed by atoms with Crippen LogP contribution in [0.3, 0.4) is 0 Å². The molecule has 5 heteroatoms. The smallest absolute Gasteiger partial charge is 0.303 e. The Hall–Kier alpha value is -2.17. The highest BCUT2D eigenvalue weighted by Crippen LogP contribution is 2.21. The number of rotatable bonds is 4. The summed E-state index contributed by atoms with van der Waals surface area (Å²) in [4.78, 5) is 10.4. The van der Waals surface area contributed by atoms with E-state index in [-0.39, 0.29) is 12.8 Å². The van der Waals surface area contributed by atoms with Crippen molar-refractivity contribution in [3.05, 3.63) is 35.2 Å². The zero-order valence-electron chi connectivity index (χ0n) is 10.3. The molecule has 2 rings (SSSR count). The van der Waals surface area contributed by atoms with Gasteiger partial charge < -0.3 is 9.52 Å². The van der Waals surface area contributed by atoms with Crippen LogP contribution in [0.1, 0.15) is 23.4 Å². The largest absolute Gasteiger partial charge is 0.481 e. The van der Waals surface area contributed by atoms with Crippen molar-refractivity contribution in [3.8, 4) is 11.5 Å². The molecule has 0 amide bonds. The number of nitrogens with zero attached hydrogens (tertiary/aromatic N) is 2. The maximum absolute atomic E-state index is 10.4. The summed E-state index contributed by atoms with van der Waals surface area (Å²) >= 11 is 0. The van der Waals surface area contributed by atoms with Crippen molar-refractivity contribution >= 4 is 5.97 Å². The Bertz CT molecular complexity index is 555. The molecule has 1 N–H and O–H groups in total. The highest BCUT2D eigenvalue weighted by atomic mass is 16.4. The lowest BCUT2D eigenvalue weighted by atomic mass is 10.1. The fourth-order valence-electron chi connectivity index (χ4n) is 1.78. The average Bonchev–Trinajstić information content (AvgIpc) is 2.73. The Morgan fingerprint density at radius 3 is 2.50 bits per heavy atom. The van der Waals surface area contributed by atoms with Gasteiger partial charge in [0.2, 0.25) is 11.8 Å². The molecule has 0 unspecified atom stereocenters.